The molecule has 13 heteroatoms. The molecule has 0 heterocycles. The molecule has 2 N–H and O–H groups in total. The van der Waals surface area contributed by atoms with E-state index in [2.05, 4.69) is 10.5 Å². The molecule has 0 aliphatic heterocycles. The van der Waals surface area contributed by atoms with E-state index in [1.54, 1.807) is 31.4 Å². The maximum atomic E-state index is 13.9. The lowest BCUT2D eigenvalue weighted by atomic mass is 9.85. The number of hydrogen-bond acceptors (Lipinski definition) is 7. The molecular formula is C29H26ClF3N2O6S. The second-order valence-electron chi connectivity index (χ2n) is 10.4. The van der Waals surface area contributed by atoms with E-state index in [1.165, 1.54) is 18.3 Å². The van der Waals surface area contributed by atoms with E-state index in [0.717, 1.165) is 11.6 Å². The average Bonchev–Trinajstić information content (AvgIpc) is 3.51. The number of carbonyl (C=O) groups is 1. The Morgan fingerprint density at radius 3 is 2.48 bits per heavy atom. The highest BCUT2D eigenvalue weighted by atomic mass is 35.5. The van der Waals surface area contributed by atoms with Crippen molar-refractivity contribution in [2.24, 2.45) is 17.0 Å². The molecule has 2 fully saturated rings. The number of amides is 1. The summed E-state index contributed by atoms with van der Waals surface area (Å²) in [6, 6.07) is 11.9. The van der Waals surface area contributed by atoms with Gasteiger partial charge in [-0.3, -0.25) is 4.79 Å². The van der Waals surface area contributed by atoms with E-state index in [0.29, 0.717) is 30.7 Å². The molecule has 222 valence electrons. The average molecular weight is 623 g/mol. The van der Waals surface area contributed by atoms with Crippen molar-refractivity contribution in [2.45, 2.75) is 41.6 Å². The van der Waals surface area contributed by atoms with Crippen LogP contribution in [0.1, 0.15) is 35.2 Å². The van der Waals surface area contributed by atoms with Gasteiger partial charge < -0.3 is 20.0 Å². The SMILES string of the molecule is COc1ccc(CO/N=C/[C@@]2(O)CC3CCC2[C@@H]3S(=O)(=O)c2cc(C(=O)Nc3cc(F)c(F)c(F)c3)ccc2Cl)cc1. The van der Waals surface area contributed by atoms with Crippen molar-refractivity contribution >= 4 is 39.2 Å². The third kappa shape index (κ3) is 5.70. The molecule has 1 amide bonds. The van der Waals surface area contributed by atoms with Crippen molar-refractivity contribution < 1.29 is 41.1 Å². The molecule has 4 atom stereocenters. The molecular weight excluding hydrogens is 597 g/mol. The third-order valence-corrected chi connectivity index (χ3v) is 10.6. The molecule has 3 aromatic carbocycles. The van der Waals surface area contributed by atoms with Gasteiger partial charge in [-0.25, -0.2) is 21.6 Å². The molecule has 0 spiro atoms. The second-order valence-corrected chi connectivity index (χ2v) is 12.8. The van der Waals surface area contributed by atoms with Crippen LogP contribution in [0.3, 0.4) is 0 Å². The van der Waals surface area contributed by atoms with E-state index in [9.17, 15) is 31.5 Å². The van der Waals surface area contributed by atoms with Crippen LogP contribution < -0.4 is 10.1 Å². The van der Waals surface area contributed by atoms with Crippen molar-refractivity contribution in [1.82, 2.24) is 0 Å². The molecule has 42 heavy (non-hydrogen) atoms. The first-order chi connectivity index (χ1) is 19.9. The Morgan fingerprint density at radius 1 is 1.12 bits per heavy atom. The number of nitrogens with zero attached hydrogens (tertiary/aromatic N) is 1. The number of rotatable bonds is 9. The highest BCUT2D eigenvalue weighted by molar-refractivity contribution is 7.92. The van der Waals surface area contributed by atoms with Crippen molar-refractivity contribution in [3.8, 4) is 5.75 Å². The van der Waals surface area contributed by atoms with Crippen LogP contribution in [0, 0.1) is 29.3 Å². The van der Waals surface area contributed by atoms with E-state index in [4.69, 9.17) is 21.2 Å². The molecule has 2 aliphatic carbocycles. The predicted octanol–water partition coefficient (Wildman–Crippen LogP) is 5.52. The molecule has 3 aromatic rings. The summed E-state index contributed by atoms with van der Waals surface area (Å²) in [4.78, 5) is 17.8. The first-order valence-electron chi connectivity index (χ1n) is 12.9. The van der Waals surface area contributed by atoms with Gasteiger partial charge in [0.05, 0.1) is 28.5 Å². The fourth-order valence-electron chi connectivity index (χ4n) is 5.80. The van der Waals surface area contributed by atoms with Gasteiger partial charge in [0.15, 0.2) is 27.3 Å². The van der Waals surface area contributed by atoms with Gasteiger partial charge in [0.1, 0.15) is 18.0 Å². The van der Waals surface area contributed by atoms with Crippen LogP contribution in [0.5, 0.6) is 5.75 Å². The highest BCUT2D eigenvalue weighted by Crippen LogP contribution is 2.54. The Labute approximate surface area is 245 Å². The summed E-state index contributed by atoms with van der Waals surface area (Å²) in [7, 11) is -2.60. The van der Waals surface area contributed by atoms with Crippen LogP contribution in [0.4, 0.5) is 18.9 Å². The van der Waals surface area contributed by atoms with Gasteiger partial charge in [0.2, 0.25) is 0 Å². The van der Waals surface area contributed by atoms with Crippen LogP contribution >= 0.6 is 11.6 Å². The Hall–Kier alpha value is -3.61. The van der Waals surface area contributed by atoms with E-state index < -0.39 is 55.9 Å². The van der Waals surface area contributed by atoms with Gasteiger partial charge in [0.25, 0.3) is 5.91 Å². The number of hydrogen-bond donors (Lipinski definition) is 2. The summed E-state index contributed by atoms with van der Waals surface area (Å²) in [5.41, 5.74) is -1.22. The number of fused-ring (bicyclic) bond motifs is 2. The number of halogens is 4. The summed E-state index contributed by atoms with van der Waals surface area (Å²) in [5.74, 6) is -5.97. The molecule has 2 bridgehead atoms. The molecule has 0 aromatic heterocycles. The highest BCUT2D eigenvalue weighted by Gasteiger charge is 2.61. The minimum atomic E-state index is -4.16. The quantitative estimate of drug-likeness (QED) is 0.184. The monoisotopic (exact) mass is 622 g/mol. The second kappa shape index (κ2) is 11.6. The topological polar surface area (TPSA) is 114 Å². The van der Waals surface area contributed by atoms with Crippen LogP contribution in [0.15, 0.2) is 64.6 Å². The molecule has 0 saturated heterocycles. The van der Waals surface area contributed by atoms with Crippen molar-refractivity contribution in [1.29, 1.82) is 0 Å². The molecule has 8 nitrogen and oxygen atoms in total. The van der Waals surface area contributed by atoms with Gasteiger partial charge in [-0.2, -0.15) is 0 Å². The summed E-state index contributed by atoms with van der Waals surface area (Å²) in [6.07, 6.45) is 2.39. The summed E-state index contributed by atoms with van der Waals surface area (Å²) in [6.45, 7) is 0.133. The lowest BCUT2D eigenvalue weighted by molar-refractivity contribution is 0.0506. The normalized spacial score (nSPS) is 23.3. The first-order valence-corrected chi connectivity index (χ1v) is 14.9. The largest absolute Gasteiger partial charge is 0.497 e. The Bertz CT molecular complexity index is 1630. The molecule has 2 aliphatic rings. The molecule has 2 saturated carbocycles. The number of benzene rings is 3. The minimum Gasteiger partial charge on any atom is -0.497 e. The molecule has 5 rings (SSSR count). The summed E-state index contributed by atoms with van der Waals surface area (Å²) < 4.78 is 73.3. The van der Waals surface area contributed by atoms with Crippen molar-refractivity contribution in [3.05, 3.63) is 88.2 Å². The number of sulfone groups is 1. The number of carbonyl (C=O) groups excluding carboxylic acids is 1. The van der Waals surface area contributed by atoms with Gasteiger partial charge in [0, 0.05) is 29.3 Å². The van der Waals surface area contributed by atoms with Crippen LogP contribution in [0.2, 0.25) is 5.02 Å². The van der Waals surface area contributed by atoms with E-state index in [-0.39, 0.29) is 34.2 Å². The predicted molar refractivity (Wildman–Crippen MR) is 149 cm³/mol. The van der Waals surface area contributed by atoms with Crippen molar-refractivity contribution in [2.75, 3.05) is 12.4 Å². The third-order valence-electron chi connectivity index (χ3n) is 7.78. The molecule has 2 unspecified atom stereocenters. The minimum absolute atomic E-state index is 0.128. The fourth-order valence-corrected chi connectivity index (χ4v) is 8.70. The lowest BCUT2D eigenvalue weighted by Crippen LogP contribution is -2.40. The maximum Gasteiger partial charge on any atom is 0.255 e. The van der Waals surface area contributed by atoms with Crippen LogP contribution in [0.25, 0.3) is 0 Å². The number of anilines is 1. The maximum absolute atomic E-state index is 13.9. The van der Waals surface area contributed by atoms with Gasteiger partial charge in [-0.1, -0.05) is 28.9 Å². The number of ether oxygens (including phenoxy) is 1. The summed E-state index contributed by atoms with van der Waals surface area (Å²) in [5, 5.41) is 16.4. The van der Waals surface area contributed by atoms with Gasteiger partial charge in [-0.15, -0.1) is 0 Å². The van der Waals surface area contributed by atoms with Crippen molar-refractivity contribution in [3.63, 3.8) is 0 Å². The number of methoxy groups -OCH3 is 1. The molecule has 0 radical (unpaired) electrons. The first kappa shape index (κ1) is 29.9. The number of aliphatic hydroxyl groups is 1. The van der Waals surface area contributed by atoms with Gasteiger partial charge in [-0.05, 0) is 61.1 Å². The van der Waals surface area contributed by atoms with E-state index >= 15 is 0 Å². The van der Waals surface area contributed by atoms with Gasteiger partial charge >= 0.3 is 0 Å². The fraction of sp³-hybridized carbons (Fsp3) is 0.310. The standard InChI is InChI=1S/C29H26ClF3N2O6S/c1-40-20-6-2-16(3-7-20)14-41-34-15-29(37)13-18-4-8-21(29)27(18)42(38,39)25-10-17(5-9-22(25)30)28(36)35-19-11-23(31)26(33)24(32)12-19/h2-3,5-7,9-12,15,18,21,27,37H,4,8,13-14H2,1H3,(H,35,36)/b34-15+/t18?,21?,27-,29+/m1/s1. The zero-order valence-corrected chi connectivity index (χ0v) is 23.8. The van der Waals surface area contributed by atoms with Crippen LogP contribution in [-0.2, 0) is 21.3 Å². The summed E-state index contributed by atoms with van der Waals surface area (Å²) >= 11 is 6.28. The Balaban J connectivity index is 1.32. The number of oxime groups is 1. The van der Waals surface area contributed by atoms with E-state index in [1.807, 2.05) is 0 Å². The Morgan fingerprint density at radius 2 is 1.81 bits per heavy atom. The zero-order valence-electron chi connectivity index (χ0n) is 22.2. The number of nitrogens with one attached hydrogen (secondary N) is 1. The zero-order chi connectivity index (χ0) is 30.2. The van der Waals surface area contributed by atoms with Crippen LogP contribution in [-0.4, -0.2) is 43.6 Å². The Kier molecular flexibility index (Phi) is 8.23. The lowest BCUT2D eigenvalue weighted by Gasteiger charge is -2.28. The smallest absolute Gasteiger partial charge is 0.255 e.